The average molecular weight is 498 g/mol. The average Bonchev–Trinajstić information content (AvgIpc) is 3.53. The van der Waals surface area contributed by atoms with Crippen LogP contribution in [0.25, 0.3) is 28.2 Å². The van der Waals surface area contributed by atoms with Gasteiger partial charge in [0.05, 0.1) is 17.1 Å². The summed E-state index contributed by atoms with van der Waals surface area (Å²) in [4.78, 5) is 18.3. The lowest BCUT2D eigenvalue weighted by Crippen LogP contribution is -2.18. The zero-order valence-electron chi connectivity index (χ0n) is 20.3. The minimum absolute atomic E-state index is 0.545. The van der Waals surface area contributed by atoms with Crippen molar-refractivity contribution in [1.82, 2.24) is 19.9 Å². The molecule has 0 N–H and O–H groups in total. The Balaban J connectivity index is 1.33. The molecule has 7 heteroatoms. The number of aromatic nitrogens is 3. The maximum Gasteiger partial charge on any atom is 0.163 e. The van der Waals surface area contributed by atoms with Crippen LogP contribution >= 0.6 is 11.6 Å². The summed E-state index contributed by atoms with van der Waals surface area (Å²) in [5.41, 5.74) is 7.04. The molecule has 0 spiro atoms. The Labute approximate surface area is 216 Å². The van der Waals surface area contributed by atoms with Crippen molar-refractivity contribution in [3.63, 3.8) is 0 Å². The number of fused-ring (bicyclic) bond motifs is 2. The molecule has 36 heavy (non-hydrogen) atoms. The van der Waals surface area contributed by atoms with Gasteiger partial charge >= 0.3 is 0 Å². The van der Waals surface area contributed by atoms with Crippen molar-refractivity contribution in [2.75, 3.05) is 38.2 Å². The van der Waals surface area contributed by atoms with E-state index in [2.05, 4.69) is 62.6 Å². The van der Waals surface area contributed by atoms with E-state index in [0.717, 1.165) is 77.5 Å². The number of hydrogen-bond donors (Lipinski definition) is 0. The van der Waals surface area contributed by atoms with Crippen molar-refractivity contribution in [3.05, 3.63) is 77.7 Å². The van der Waals surface area contributed by atoms with Gasteiger partial charge in [0, 0.05) is 36.5 Å². The molecule has 0 bridgehead atoms. The van der Waals surface area contributed by atoms with Gasteiger partial charge in [0.2, 0.25) is 0 Å². The number of halogens is 1. The Morgan fingerprint density at radius 3 is 2.81 bits per heavy atom. The van der Waals surface area contributed by atoms with Crippen molar-refractivity contribution in [1.29, 1.82) is 0 Å². The van der Waals surface area contributed by atoms with E-state index in [0.29, 0.717) is 17.5 Å². The predicted molar refractivity (Wildman–Crippen MR) is 146 cm³/mol. The number of rotatable bonds is 6. The highest BCUT2D eigenvalue weighted by atomic mass is 35.5. The highest BCUT2D eigenvalue weighted by molar-refractivity contribution is 6.35. The third-order valence-corrected chi connectivity index (χ3v) is 7.60. The van der Waals surface area contributed by atoms with E-state index < -0.39 is 0 Å². The van der Waals surface area contributed by atoms with Crippen LogP contribution < -0.4 is 9.64 Å². The molecule has 2 aromatic carbocycles. The second kappa shape index (κ2) is 9.52. The Morgan fingerprint density at radius 1 is 1.11 bits per heavy atom. The van der Waals surface area contributed by atoms with Crippen LogP contribution in [0.4, 0.5) is 11.5 Å². The maximum atomic E-state index is 6.93. The molecule has 0 radical (unpaired) electrons. The number of anilines is 2. The van der Waals surface area contributed by atoms with Crippen molar-refractivity contribution in [2.45, 2.75) is 12.8 Å². The SMILES string of the molecule is C=Cc1cnc2c(N3CCc4c(-c5cccc(OC[C@@H]6CCN(C)C6)c5Cl)cccc43)ncnc2c1. The molecule has 2 aliphatic heterocycles. The van der Waals surface area contributed by atoms with Gasteiger partial charge in [0.1, 0.15) is 17.6 Å². The molecule has 6 nitrogen and oxygen atoms in total. The fourth-order valence-electron chi connectivity index (χ4n) is 5.36. The van der Waals surface area contributed by atoms with E-state index in [4.69, 9.17) is 16.3 Å². The number of pyridine rings is 1. The quantitative estimate of drug-likeness (QED) is 0.325. The predicted octanol–water partition coefficient (Wildman–Crippen LogP) is 6.01. The van der Waals surface area contributed by atoms with E-state index in [1.807, 2.05) is 24.4 Å². The topological polar surface area (TPSA) is 54.4 Å². The van der Waals surface area contributed by atoms with Gasteiger partial charge in [-0.15, -0.1) is 0 Å². The molecule has 4 heterocycles. The first-order valence-corrected chi connectivity index (χ1v) is 12.7. The van der Waals surface area contributed by atoms with Gasteiger partial charge in [-0.25, -0.2) is 9.97 Å². The number of hydrogen-bond acceptors (Lipinski definition) is 6. The van der Waals surface area contributed by atoms with E-state index in [-0.39, 0.29) is 0 Å². The molecular formula is C29H28ClN5O. The van der Waals surface area contributed by atoms with Crippen LogP contribution in [-0.4, -0.2) is 53.1 Å². The molecule has 0 saturated carbocycles. The summed E-state index contributed by atoms with van der Waals surface area (Å²) >= 11 is 6.93. The summed E-state index contributed by atoms with van der Waals surface area (Å²) in [7, 11) is 2.16. The Kier molecular flexibility index (Phi) is 6.07. The van der Waals surface area contributed by atoms with Crippen LogP contribution in [0.2, 0.25) is 5.02 Å². The Hall–Kier alpha value is -3.48. The number of benzene rings is 2. The maximum absolute atomic E-state index is 6.93. The largest absolute Gasteiger partial charge is 0.492 e. The third kappa shape index (κ3) is 4.10. The lowest BCUT2D eigenvalue weighted by Gasteiger charge is -2.20. The molecule has 0 amide bonds. The number of likely N-dealkylation sites (tertiary alicyclic amines) is 1. The molecular weight excluding hydrogens is 470 g/mol. The smallest absolute Gasteiger partial charge is 0.163 e. The molecule has 1 fully saturated rings. The second-order valence-corrected chi connectivity index (χ2v) is 9.97. The van der Waals surface area contributed by atoms with Crippen LogP contribution in [0, 0.1) is 5.92 Å². The lowest BCUT2D eigenvalue weighted by molar-refractivity contribution is 0.249. The highest BCUT2D eigenvalue weighted by Crippen LogP contribution is 2.44. The highest BCUT2D eigenvalue weighted by Gasteiger charge is 2.27. The summed E-state index contributed by atoms with van der Waals surface area (Å²) in [6.45, 7) is 7.54. The van der Waals surface area contributed by atoms with Gasteiger partial charge in [-0.05, 0) is 61.3 Å². The molecule has 2 aliphatic rings. The van der Waals surface area contributed by atoms with Crippen molar-refractivity contribution in [3.8, 4) is 16.9 Å². The van der Waals surface area contributed by atoms with Crippen molar-refractivity contribution in [2.24, 2.45) is 5.92 Å². The normalized spacial score (nSPS) is 17.5. The van der Waals surface area contributed by atoms with Gasteiger partial charge in [-0.1, -0.05) is 48.5 Å². The summed E-state index contributed by atoms with van der Waals surface area (Å²) in [5.74, 6) is 2.11. The molecule has 1 atom stereocenters. The van der Waals surface area contributed by atoms with Crippen LogP contribution in [0.3, 0.4) is 0 Å². The van der Waals surface area contributed by atoms with E-state index in [1.165, 1.54) is 5.56 Å². The fourth-order valence-corrected chi connectivity index (χ4v) is 5.64. The summed E-state index contributed by atoms with van der Waals surface area (Å²) in [6, 6.07) is 14.4. The van der Waals surface area contributed by atoms with Crippen LogP contribution in [0.15, 0.2) is 61.6 Å². The van der Waals surface area contributed by atoms with Gasteiger partial charge in [-0.3, -0.25) is 4.98 Å². The van der Waals surface area contributed by atoms with Crippen molar-refractivity contribution < 1.29 is 4.74 Å². The monoisotopic (exact) mass is 497 g/mol. The van der Waals surface area contributed by atoms with Gasteiger partial charge in [0.15, 0.2) is 5.82 Å². The summed E-state index contributed by atoms with van der Waals surface area (Å²) < 4.78 is 6.21. The van der Waals surface area contributed by atoms with Gasteiger partial charge < -0.3 is 14.5 Å². The third-order valence-electron chi connectivity index (χ3n) is 7.21. The molecule has 1 saturated heterocycles. The van der Waals surface area contributed by atoms with Crippen LogP contribution in [0.5, 0.6) is 5.75 Å². The fraction of sp³-hybridized carbons (Fsp3) is 0.276. The first-order chi connectivity index (χ1) is 17.6. The molecule has 182 valence electrons. The zero-order valence-corrected chi connectivity index (χ0v) is 21.1. The number of ether oxygens (including phenoxy) is 1. The zero-order chi connectivity index (χ0) is 24.6. The minimum Gasteiger partial charge on any atom is -0.492 e. The van der Waals surface area contributed by atoms with Gasteiger partial charge in [0.25, 0.3) is 0 Å². The molecule has 2 aromatic heterocycles. The molecule has 6 rings (SSSR count). The Morgan fingerprint density at radius 2 is 1.97 bits per heavy atom. The summed E-state index contributed by atoms with van der Waals surface area (Å²) in [5, 5.41) is 0.668. The first kappa shape index (κ1) is 23.0. The lowest BCUT2D eigenvalue weighted by atomic mass is 9.97. The summed E-state index contributed by atoms with van der Waals surface area (Å²) in [6.07, 6.45) is 7.24. The van der Waals surface area contributed by atoms with E-state index >= 15 is 0 Å². The van der Waals surface area contributed by atoms with Gasteiger partial charge in [-0.2, -0.15) is 0 Å². The van der Waals surface area contributed by atoms with E-state index in [9.17, 15) is 0 Å². The standard InChI is InChI=1S/C29H28ClN5O/c1-3-19-14-24-28(31-15-19)29(33-18-32-24)35-13-11-22-21(6-4-8-25(22)35)23-7-5-9-26(27(23)30)36-17-20-10-12-34(2)16-20/h3-9,14-15,18,20H,1,10-13,16-17H2,2H3/t20-/m1/s1. The van der Waals surface area contributed by atoms with E-state index in [1.54, 1.807) is 12.4 Å². The first-order valence-electron chi connectivity index (χ1n) is 12.3. The van der Waals surface area contributed by atoms with Crippen molar-refractivity contribution >= 4 is 40.2 Å². The van der Waals surface area contributed by atoms with Crippen LogP contribution in [0.1, 0.15) is 17.5 Å². The number of nitrogens with zero attached hydrogens (tertiary/aromatic N) is 5. The Bertz CT molecular complexity index is 1460. The van der Waals surface area contributed by atoms with Crippen LogP contribution in [-0.2, 0) is 6.42 Å². The molecule has 4 aromatic rings. The molecule has 0 unspecified atom stereocenters. The second-order valence-electron chi connectivity index (χ2n) is 9.59. The minimum atomic E-state index is 0.545. The molecule has 0 aliphatic carbocycles.